The highest BCUT2D eigenvalue weighted by Crippen LogP contribution is 2.31. The molecule has 0 spiro atoms. The molecular weight excluding hydrogens is 355 g/mol. The van der Waals surface area contributed by atoms with Gasteiger partial charge < -0.3 is 5.32 Å². The minimum atomic E-state index is -4.57. The highest BCUT2D eigenvalue weighted by molar-refractivity contribution is 5.95. The van der Waals surface area contributed by atoms with Gasteiger partial charge in [0, 0.05) is 24.5 Å². The zero-order chi connectivity index (χ0) is 19.3. The van der Waals surface area contributed by atoms with E-state index in [1.165, 1.54) is 12.1 Å². The number of aromatic nitrogens is 2. The van der Waals surface area contributed by atoms with Crippen molar-refractivity contribution >= 4 is 5.91 Å². The van der Waals surface area contributed by atoms with Gasteiger partial charge in [-0.3, -0.25) is 4.79 Å². The molecule has 3 rings (SSSR count). The van der Waals surface area contributed by atoms with Crippen LogP contribution in [0.1, 0.15) is 21.5 Å². The third-order valence-corrected chi connectivity index (χ3v) is 3.91. The first-order valence-corrected chi connectivity index (χ1v) is 8.26. The van der Waals surface area contributed by atoms with Gasteiger partial charge in [-0.15, -0.1) is 0 Å². The SMILES string of the molecule is O=C(NCCc1cnc(-c2ccccc2)nc1)c1ccccc1C(F)(F)F. The molecule has 0 radical (unpaired) electrons. The quantitative estimate of drug-likeness (QED) is 0.734. The first-order chi connectivity index (χ1) is 12.9. The van der Waals surface area contributed by atoms with E-state index in [9.17, 15) is 18.0 Å². The van der Waals surface area contributed by atoms with Gasteiger partial charge in [-0.25, -0.2) is 9.97 Å². The van der Waals surface area contributed by atoms with Gasteiger partial charge in [0.2, 0.25) is 0 Å². The van der Waals surface area contributed by atoms with E-state index in [1.807, 2.05) is 30.3 Å². The molecule has 0 aliphatic carbocycles. The lowest BCUT2D eigenvalue weighted by molar-refractivity contribution is -0.137. The van der Waals surface area contributed by atoms with Crippen molar-refractivity contribution in [2.45, 2.75) is 12.6 Å². The smallest absolute Gasteiger partial charge is 0.352 e. The molecule has 0 atom stereocenters. The first-order valence-electron chi connectivity index (χ1n) is 8.26. The van der Waals surface area contributed by atoms with Gasteiger partial charge in [-0.05, 0) is 24.1 Å². The molecule has 3 aromatic rings. The number of hydrogen-bond acceptors (Lipinski definition) is 3. The van der Waals surface area contributed by atoms with Gasteiger partial charge in [0.25, 0.3) is 5.91 Å². The molecule has 0 saturated heterocycles. The molecule has 1 N–H and O–H groups in total. The number of rotatable bonds is 5. The number of alkyl halides is 3. The summed E-state index contributed by atoms with van der Waals surface area (Å²) in [6.45, 7) is 0.180. The molecule has 0 saturated carbocycles. The molecule has 138 valence electrons. The highest BCUT2D eigenvalue weighted by Gasteiger charge is 2.34. The van der Waals surface area contributed by atoms with Crippen LogP contribution < -0.4 is 5.32 Å². The van der Waals surface area contributed by atoms with Crippen LogP contribution in [0, 0.1) is 0 Å². The fraction of sp³-hybridized carbons (Fsp3) is 0.150. The number of hydrogen-bond donors (Lipinski definition) is 1. The van der Waals surface area contributed by atoms with E-state index in [-0.39, 0.29) is 12.1 Å². The van der Waals surface area contributed by atoms with Gasteiger partial charge in [-0.2, -0.15) is 13.2 Å². The summed E-state index contributed by atoms with van der Waals surface area (Å²) in [4.78, 5) is 20.7. The number of carbonyl (C=O) groups excluding carboxylic acids is 1. The lowest BCUT2D eigenvalue weighted by Gasteiger charge is -2.12. The van der Waals surface area contributed by atoms with Crippen LogP contribution in [-0.4, -0.2) is 22.4 Å². The summed E-state index contributed by atoms with van der Waals surface area (Å²) in [6.07, 6.45) is -0.875. The van der Waals surface area contributed by atoms with Gasteiger partial charge in [0.15, 0.2) is 5.82 Å². The monoisotopic (exact) mass is 371 g/mol. The van der Waals surface area contributed by atoms with Crippen molar-refractivity contribution in [1.29, 1.82) is 0 Å². The standard InChI is InChI=1S/C20H16F3N3O/c21-20(22,23)17-9-5-4-8-16(17)19(27)24-11-10-14-12-25-18(26-13-14)15-6-2-1-3-7-15/h1-9,12-13H,10-11H2,(H,24,27). The molecule has 7 heteroatoms. The Labute approximate surface area is 154 Å². The highest BCUT2D eigenvalue weighted by atomic mass is 19.4. The number of benzene rings is 2. The second-order valence-electron chi connectivity index (χ2n) is 5.83. The van der Waals surface area contributed by atoms with Gasteiger partial charge >= 0.3 is 6.18 Å². The van der Waals surface area contributed by atoms with Crippen LogP contribution >= 0.6 is 0 Å². The van der Waals surface area contributed by atoms with Crippen molar-refractivity contribution < 1.29 is 18.0 Å². The summed E-state index contributed by atoms with van der Waals surface area (Å²) in [5, 5.41) is 2.51. The molecule has 2 aromatic carbocycles. The maximum atomic E-state index is 13.0. The molecule has 0 fully saturated rings. The molecular formula is C20H16F3N3O. The topological polar surface area (TPSA) is 54.9 Å². The zero-order valence-electron chi connectivity index (χ0n) is 14.2. The van der Waals surface area contributed by atoms with Crippen molar-refractivity contribution in [2.24, 2.45) is 0 Å². The van der Waals surface area contributed by atoms with Gasteiger partial charge in [0.05, 0.1) is 11.1 Å². The van der Waals surface area contributed by atoms with Gasteiger partial charge in [-0.1, -0.05) is 42.5 Å². The summed E-state index contributed by atoms with van der Waals surface area (Å²) in [6, 6.07) is 14.2. The maximum Gasteiger partial charge on any atom is 0.417 e. The van der Waals surface area contributed by atoms with Crippen LogP contribution in [-0.2, 0) is 12.6 Å². The Morgan fingerprint density at radius 3 is 2.22 bits per heavy atom. The van der Waals surface area contributed by atoms with Gasteiger partial charge in [0.1, 0.15) is 0 Å². The Bertz CT molecular complexity index is 910. The molecule has 27 heavy (non-hydrogen) atoms. The Morgan fingerprint density at radius 2 is 1.56 bits per heavy atom. The largest absolute Gasteiger partial charge is 0.417 e. The number of nitrogens with zero attached hydrogens (tertiary/aromatic N) is 2. The number of halogens is 3. The van der Waals surface area contributed by atoms with E-state index < -0.39 is 17.6 Å². The number of amides is 1. The zero-order valence-corrected chi connectivity index (χ0v) is 14.2. The fourth-order valence-electron chi connectivity index (χ4n) is 2.56. The predicted molar refractivity (Wildman–Crippen MR) is 94.9 cm³/mol. The maximum absolute atomic E-state index is 13.0. The second-order valence-corrected chi connectivity index (χ2v) is 5.83. The average molecular weight is 371 g/mol. The molecule has 1 heterocycles. The Hall–Kier alpha value is -3.22. The molecule has 1 amide bonds. The summed E-state index contributed by atoms with van der Waals surface area (Å²) in [5.74, 6) is -0.174. The van der Waals surface area contributed by atoms with Crippen molar-refractivity contribution in [1.82, 2.24) is 15.3 Å². The molecule has 0 aliphatic heterocycles. The van der Waals surface area contributed by atoms with Crippen LogP contribution in [0.5, 0.6) is 0 Å². The lowest BCUT2D eigenvalue weighted by atomic mass is 10.1. The Kier molecular flexibility index (Phi) is 5.49. The van der Waals surface area contributed by atoms with E-state index >= 15 is 0 Å². The minimum Gasteiger partial charge on any atom is -0.352 e. The fourth-order valence-corrected chi connectivity index (χ4v) is 2.56. The van der Waals surface area contributed by atoms with Crippen LogP contribution in [0.4, 0.5) is 13.2 Å². The molecule has 4 nitrogen and oxygen atoms in total. The van der Waals surface area contributed by atoms with Crippen molar-refractivity contribution in [3.05, 3.63) is 83.7 Å². The van der Waals surface area contributed by atoms with Crippen molar-refractivity contribution in [3.63, 3.8) is 0 Å². The van der Waals surface area contributed by atoms with E-state index in [4.69, 9.17) is 0 Å². The Balaban J connectivity index is 1.60. The van der Waals surface area contributed by atoms with E-state index in [0.29, 0.717) is 12.2 Å². The van der Waals surface area contributed by atoms with Crippen LogP contribution in [0.2, 0.25) is 0 Å². The Morgan fingerprint density at radius 1 is 0.926 bits per heavy atom. The normalized spacial score (nSPS) is 11.2. The number of nitrogens with one attached hydrogen (secondary N) is 1. The van der Waals surface area contributed by atoms with E-state index in [1.54, 1.807) is 12.4 Å². The lowest BCUT2D eigenvalue weighted by Crippen LogP contribution is -2.28. The van der Waals surface area contributed by atoms with E-state index in [2.05, 4.69) is 15.3 Å². The third kappa shape index (κ3) is 4.69. The van der Waals surface area contributed by atoms with Crippen molar-refractivity contribution in [2.75, 3.05) is 6.54 Å². The summed E-state index contributed by atoms with van der Waals surface area (Å²) < 4.78 is 38.9. The third-order valence-electron chi connectivity index (χ3n) is 3.91. The summed E-state index contributed by atoms with van der Waals surface area (Å²) in [7, 11) is 0. The first kappa shape index (κ1) is 18.6. The molecule has 0 bridgehead atoms. The summed E-state index contributed by atoms with van der Waals surface area (Å²) in [5.41, 5.74) is 0.332. The molecule has 0 aliphatic rings. The predicted octanol–water partition coefficient (Wildman–Crippen LogP) is 4.13. The van der Waals surface area contributed by atoms with Crippen LogP contribution in [0.25, 0.3) is 11.4 Å². The van der Waals surface area contributed by atoms with Crippen molar-refractivity contribution in [3.8, 4) is 11.4 Å². The van der Waals surface area contributed by atoms with E-state index in [0.717, 1.165) is 23.3 Å². The van der Waals surface area contributed by atoms with Crippen LogP contribution in [0.3, 0.4) is 0 Å². The second kappa shape index (κ2) is 7.99. The number of carbonyl (C=O) groups is 1. The molecule has 0 unspecified atom stereocenters. The molecule has 1 aromatic heterocycles. The van der Waals surface area contributed by atoms with Crippen LogP contribution in [0.15, 0.2) is 67.0 Å². The summed E-state index contributed by atoms with van der Waals surface area (Å²) >= 11 is 0. The average Bonchev–Trinajstić information content (AvgIpc) is 2.68. The minimum absolute atomic E-state index is 0.180.